The van der Waals surface area contributed by atoms with Crippen molar-refractivity contribution in [3.05, 3.63) is 88.9 Å². The molecule has 31 heavy (non-hydrogen) atoms. The summed E-state index contributed by atoms with van der Waals surface area (Å²) in [7, 11) is 1.50. The number of aliphatic carboxylic acids is 1. The summed E-state index contributed by atoms with van der Waals surface area (Å²) in [6.45, 7) is 0. The van der Waals surface area contributed by atoms with Gasteiger partial charge in [0.25, 0.3) is 5.91 Å². The van der Waals surface area contributed by atoms with Gasteiger partial charge in [-0.25, -0.2) is 0 Å². The monoisotopic (exact) mass is 440 g/mol. The van der Waals surface area contributed by atoms with E-state index in [1.807, 2.05) is 6.07 Å². The van der Waals surface area contributed by atoms with E-state index in [1.54, 1.807) is 66.7 Å². The van der Waals surface area contributed by atoms with Crippen LogP contribution in [0.4, 0.5) is 11.4 Å². The highest BCUT2D eigenvalue weighted by atomic mass is 35.5. The zero-order valence-electron chi connectivity index (χ0n) is 16.7. The normalized spacial score (nSPS) is 9.74. The molecular formula is C23H21ClN2O5. The van der Waals surface area contributed by atoms with Crippen LogP contribution in [0.3, 0.4) is 0 Å². The summed E-state index contributed by atoms with van der Waals surface area (Å²) < 4.78 is 5.16. The first-order chi connectivity index (χ1) is 14.8. The number of anilines is 2. The van der Waals surface area contributed by atoms with Gasteiger partial charge in [0, 0.05) is 17.2 Å². The standard InChI is InChI=1S/C14H13ClN2O2.C9H8O3/c1-19-13-8-11(16)10(15)7-12(13)17-14(18)9-5-3-2-4-6-9;10-8(6-9(11)12)7-4-2-1-3-5-7/h2-8H,16H2,1H3,(H,17,18);1-5H,6H2,(H,11,12). The van der Waals surface area contributed by atoms with Crippen molar-refractivity contribution in [2.75, 3.05) is 18.2 Å². The van der Waals surface area contributed by atoms with Crippen LogP contribution < -0.4 is 15.8 Å². The van der Waals surface area contributed by atoms with Gasteiger partial charge in [0.1, 0.15) is 12.2 Å². The van der Waals surface area contributed by atoms with Gasteiger partial charge in [-0.15, -0.1) is 0 Å². The third kappa shape index (κ3) is 7.17. The Morgan fingerprint density at radius 3 is 2.03 bits per heavy atom. The average Bonchev–Trinajstić information content (AvgIpc) is 2.77. The van der Waals surface area contributed by atoms with Gasteiger partial charge in [-0.2, -0.15) is 0 Å². The third-order valence-corrected chi connectivity index (χ3v) is 4.34. The highest BCUT2D eigenvalue weighted by molar-refractivity contribution is 6.33. The molecule has 4 N–H and O–H groups in total. The molecule has 1 amide bonds. The van der Waals surface area contributed by atoms with Crippen LogP contribution in [-0.4, -0.2) is 29.9 Å². The topological polar surface area (TPSA) is 119 Å². The molecule has 0 heterocycles. The number of benzene rings is 3. The Morgan fingerprint density at radius 2 is 1.52 bits per heavy atom. The summed E-state index contributed by atoms with van der Waals surface area (Å²) in [4.78, 5) is 33.3. The Hall–Kier alpha value is -3.84. The molecule has 3 rings (SSSR count). The zero-order valence-corrected chi connectivity index (χ0v) is 17.4. The lowest BCUT2D eigenvalue weighted by atomic mass is 10.1. The Kier molecular flexibility index (Phi) is 8.60. The van der Waals surface area contributed by atoms with Crippen LogP contribution in [0.5, 0.6) is 5.75 Å². The van der Waals surface area contributed by atoms with Crippen LogP contribution in [-0.2, 0) is 4.79 Å². The maximum atomic E-state index is 12.0. The number of methoxy groups -OCH3 is 1. The van der Waals surface area contributed by atoms with Gasteiger partial charge in [-0.3, -0.25) is 14.4 Å². The molecule has 0 aliphatic carbocycles. The quantitative estimate of drug-likeness (QED) is 0.294. The summed E-state index contributed by atoms with van der Waals surface area (Å²) in [5.74, 6) is -1.22. The van der Waals surface area contributed by atoms with Gasteiger partial charge in [0.05, 0.1) is 23.5 Å². The molecule has 3 aromatic rings. The van der Waals surface area contributed by atoms with Crippen molar-refractivity contribution < 1.29 is 24.2 Å². The maximum Gasteiger partial charge on any atom is 0.311 e. The Bertz CT molecular complexity index is 1060. The Labute approximate surface area is 184 Å². The smallest absolute Gasteiger partial charge is 0.311 e. The van der Waals surface area contributed by atoms with Gasteiger partial charge in [0.15, 0.2) is 5.78 Å². The second kappa shape index (κ2) is 11.4. The van der Waals surface area contributed by atoms with Crippen LogP contribution in [0.25, 0.3) is 0 Å². The molecule has 0 radical (unpaired) electrons. The van der Waals surface area contributed by atoms with E-state index in [9.17, 15) is 14.4 Å². The number of amides is 1. The van der Waals surface area contributed by atoms with Crippen molar-refractivity contribution in [3.63, 3.8) is 0 Å². The molecule has 0 unspecified atom stereocenters. The van der Waals surface area contributed by atoms with Gasteiger partial charge in [0.2, 0.25) is 0 Å². The fourth-order valence-corrected chi connectivity index (χ4v) is 2.65. The first-order valence-corrected chi connectivity index (χ1v) is 9.49. The molecule has 0 aliphatic rings. The number of ether oxygens (including phenoxy) is 1. The number of Topliss-reactive ketones (excluding diaryl/α,β-unsaturated/α-hetero) is 1. The minimum absolute atomic E-state index is 0.236. The van der Waals surface area contributed by atoms with E-state index >= 15 is 0 Å². The lowest BCUT2D eigenvalue weighted by Crippen LogP contribution is -2.12. The molecule has 0 aromatic heterocycles. The molecule has 8 heteroatoms. The summed E-state index contributed by atoms with van der Waals surface area (Å²) in [5, 5.41) is 11.4. The molecule has 0 atom stereocenters. The number of carbonyl (C=O) groups is 3. The first kappa shape index (κ1) is 23.4. The number of carbonyl (C=O) groups excluding carboxylic acids is 2. The lowest BCUT2D eigenvalue weighted by Gasteiger charge is -2.12. The van der Waals surface area contributed by atoms with E-state index in [1.165, 1.54) is 7.11 Å². The number of nitrogens with one attached hydrogen (secondary N) is 1. The SMILES string of the molecule is COc1cc(N)c(Cl)cc1NC(=O)c1ccccc1.O=C(O)CC(=O)c1ccccc1. The Balaban J connectivity index is 0.000000245. The number of carboxylic acid groups (broad SMARTS) is 1. The molecule has 0 saturated carbocycles. The highest BCUT2D eigenvalue weighted by Crippen LogP contribution is 2.33. The van der Waals surface area contributed by atoms with Crippen molar-refractivity contribution in [2.45, 2.75) is 6.42 Å². The minimum Gasteiger partial charge on any atom is -0.494 e. The molecule has 0 saturated heterocycles. The summed E-state index contributed by atoms with van der Waals surface area (Å²) in [6.07, 6.45) is -0.440. The highest BCUT2D eigenvalue weighted by Gasteiger charge is 2.12. The fraction of sp³-hybridized carbons (Fsp3) is 0.0870. The summed E-state index contributed by atoms with van der Waals surface area (Å²) in [5.41, 5.74) is 7.56. The second-order valence-electron chi connectivity index (χ2n) is 6.25. The van der Waals surface area contributed by atoms with Gasteiger partial charge < -0.3 is 20.9 Å². The average molecular weight is 441 g/mol. The first-order valence-electron chi connectivity index (χ1n) is 9.11. The number of hydrogen-bond donors (Lipinski definition) is 3. The minimum atomic E-state index is -1.09. The summed E-state index contributed by atoms with van der Waals surface area (Å²) >= 11 is 5.94. The van der Waals surface area contributed by atoms with Crippen molar-refractivity contribution >= 4 is 40.6 Å². The maximum absolute atomic E-state index is 12.0. The van der Waals surface area contributed by atoms with Crippen LogP contribution in [0.1, 0.15) is 27.1 Å². The predicted molar refractivity (Wildman–Crippen MR) is 120 cm³/mol. The molecular weight excluding hydrogens is 420 g/mol. The molecule has 0 fully saturated rings. The number of nitrogens with two attached hydrogens (primary N) is 1. The molecule has 0 bridgehead atoms. The van der Waals surface area contributed by atoms with Crippen LogP contribution in [0.15, 0.2) is 72.8 Å². The molecule has 7 nitrogen and oxygen atoms in total. The van der Waals surface area contributed by atoms with E-state index in [4.69, 9.17) is 27.2 Å². The van der Waals surface area contributed by atoms with E-state index < -0.39 is 12.4 Å². The second-order valence-corrected chi connectivity index (χ2v) is 6.66. The van der Waals surface area contributed by atoms with Crippen LogP contribution in [0, 0.1) is 0 Å². The molecule has 160 valence electrons. The molecule has 3 aromatic carbocycles. The number of halogens is 1. The zero-order chi connectivity index (χ0) is 22.8. The van der Waals surface area contributed by atoms with E-state index in [0.717, 1.165) is 0 Å². The van der Waals surface area contributed by atoms with Crippen molar-refractivity contribution in [2.24, 2.45) is 0 Å². The largest absolute Gasteiger partial charge is 0.494 e. The molecule has 0 spiro atoms. The third-order valence-electron chi connectivity index (χ3n) is 4.01. The van der Waals surface area contributed by atoms with E-state index in [0.29, 0.717) is 33.3 Å². The van der Waals surface area contributed by atoms with Crippen molar-refractivity contribution in [3.8, 4) is 5.75 Å². The number of nitrogen functional groups attached to an aromatic ring is 1. The van der Waals surface area contributed by atoms with Crippen molar-refractivity contribution in [1.82, 2.24) is 0 Å². The number of ketones is 1. The summed E-state index contributed by atoms with van der Waals surface area (Å²) in [6, 6.07) is 20.4. The van der Waals surface area contributed by atoms with Gasteiger partial charge in [-0.05, 0) is 18.2 Å². The lowest BCUT2D eigenvalue weighted by molar-refractivity contribution is -0.135. The molecule has 0 aliphatic heterocycles. The van der Waals surface area contributed by atoms with E-state index in [-0.39, 0.29) is 11.7 Å². The number of rotatable bonds is 6. The Morgan fingerprint density at radius 1 is 0.968 bits per heavy atom. The van der Waals surface area contributed by atoms with Crippen LogP contribution in [0.2, 0.25) is 5.02 Å². The van der Waals surface area contributed by atoms with Gasteiger partial charge >= 0.3 is 5.97 Å². The number of carboxylic acids is 1. The van der Waals surface area contributed by atoms with Gasteiger partial charge in [-0.1, -0.05) is 60.1 Å². The van der Waals surface area contributed by atoms with Crippen LogP contribution >= 0.6 is 11.6 Å². The number of hydrogen-bond acceptors (Lipinski definition) is 5. The predicted octanol–water partition coefficient (Wildman–Crippen LogP) is 4.53. The fourth-order valence-electron chi connectivity index (χ4n) is 2.48. The van der Waals surface area contributed by atoms with Crippen molar-refractivity contribution in [1.29, 1.82) is 0 Å². The van der Waals surface area contributed by atoms with E-state index in [2.05, 4.69) is 5.32 Å².